The van der Waals surface area contributed by atoms with Crippen molar-refractivity contribution in [3.63, 3.8) is 0 Å². The Morgan fingerprint density at radius 1 is 1.03 bits per heavy atom. The predicted molar refractivity (Wildman–Crippen MR) is 146 cm³/mol. The highest BCUT2D eigenvalue weighted by atomic mass is 32.1. The third-order valence-electron chi connectivity index (χ3n) is 6.24. The number of hydrogen-bond acceptors (Lipinski definition) is 4. The third-order valence-corrected chi connectivity index (χ3v) is 7.25. The summed E-state index contributed by atoms with van der Waals surface area (Å²) in [6.45, 7) is 4.28. The minimum Gasteiger partial charge on any atom is -0.320 e. The van der Waals surface area contributed by atoms with Crippen molar-refractivity contribution in [2.45, 2.75) is 58.3 Å². The van der Waals surface area contributed by atoms with Crippen molar-refractivity contribution >= 4 is 22.9 Å². The van der Waals surface area contributed by atoms with Crippen molar-refractivity contribution in [3.05, 3.63) is 100 Å². The van der Waals surface area contributed by atoms with E-state index >= 15 is 0 Å². The molecule has 0 saturated heterocycles. The number of thiazole rings is 1. The van der Waals surface area contributed by atoms with Gasteiger partial charge in [0.25, 0.3) is 5.91 Å². The first-order valence-electron chi connectivity index (χ1n) is 12.5. The quantitative estimate of drug-likeness (QED) is 0.219. The largest absolute Gasteiger partial charge is 0.320 e. The molecule has 180 valence electrons. The van der Waals surface area contributed by atoms with E-state index in [0.717, 1.165) is 65.9 Å². The van der Waals surface area contributed by atoms with Crippen molar-refractivity contribution in [2.75, 3.05) is 5.32 Å². The van der Waals surface area contributed by atoms with E-state index in [-0.39, 0.29) is 5.91 Å². The van der Waals surface area contributed by atoms with Crippen molar-refractivity contribution in [1.82, 2.24) is 9.97 Å². The van der Waals surface area contributed by atoms with Crippen LogP contribution in [-0.4, -0.2) is 15.9 Å². The minimum atomic E-state index is -0.152. The Hall–Kier alpha value is -3.31. The molecule has 1 N–H and O–H groups in total. The summed E-state index contributed by atoms with van der Waals surface area (Å²) in [7, 11) is 0. The summed E-state index contributed by atoms with van der Waals surface area (Å²) in [5, 5.41) is 6.08. The lowest BCUT2D eigenvalue weighted by atomic mass is 9.96. The number of rotatable bonds is 11. The Morgan fingerprint density at radius 3 is 2.66 bits per heavy atom. The summed E-state index contributed by atoms with van der Waals surface area (Å²) >= 11 is 1.61. The fourth-order valence-corrected chi connectivity index (χ4v) is 5.37. The molecule has 0 bridgehead atoms. The van der Waals surface area contributed by atoms with Gasteiger partial charge in [-0.15, -0.1) is 11.3 Å². The number of hydrogen-bond donors (Lipinski definition) is 1. The van der Waals surface area contributed by atoms with E-state index in [2.05, 4.69) is 48.4 Å². The molecule has 2 aromatic heterocycles. The van der Waals surface area contributed by atoms with Crippen LogP contribution in [0.2, 0.25) is 0 Å². The molecule has 1 unspecified atom stereocenters. The van der Waals surface area contributed by atoms with Gasteiger partial charge in [-0.25, -0.2) is 4.98 Å². The van der Waals surface area contributed by atoms with Crippen LogP contribution in [0.1, 0.15) is 71.6 Å². The zero-order valence-electron chi connectivity index (χ0n) is 20.5. The molecule has 2 aromatic carbocycles. The molecule has 1 amide bonds. The molecular formula is C30H33N3OS. The van der Waals surface area contributed by atoms with Gasteiger partial charge in [-0.1, -0.05) is 67.8 Å². The Bertz CT molecular complexity index is 1220. The zero-order valence-corrected chi connectivity index (χ0v) is 21.4. The van der Waals surface area contributed by atoms with Gasteiger partial charge in [0.1, 0.15) is 5.69 Å². The second-order valence-electron chi connectivity index (χ2n) is 9.03. The number of unbranched alkanes of at least 4 members (excludes halogenated alkanes) is 1. The van der Waals surface area contributed by atoms with Crippen molar-refractivity contribution < 1.29 is 4.79 Å². The number of benzene rings is 2. The molecular weight excluding hydrogens is 450 g/mol. The number of nitrogens with one attached hydrogen (secondary N) is 1. The first-order chi connectivity index (χ1) is 17.1. The van der Waals surface area contributed by atoms with Crippen LogP contribution in [-0.2, 0) is 6.42 Å². The molecule has 1 atom stereocenters. The Kier molecular flexibility index (Phi) is 8.79. The monoisotopic (exact) mass is 483 g/mol. The van der Waals surface area contributed by atoms with Gasteiger partial charge in [0.15, 0.2) is 0 Å². The predicted octanol–water partition coefficient (Wildman–Crippen LogP) is 8.06. The Balaban J connectivity index is 1.41. The smallest absolute Gasteiger partial charge is 0.275 e. The average Bonchev–Trinajstić information content (AvgIpc) is 3.38. The minimum absolute atomic E-state index is 0.152. The number of anilines is 1. The fraction of sp³-hybridized carbons (Fsp3) is 0.300. The Morgan fingerprint density at radius 2 is 1.89 bits per heavy atom. The number of carbonyl (C=O) groups is 1. The molecule has 35 heavy (non-hydrogen) atoms. The lowest BCUT2D eigenvalue weighted by molar-refractivity contribution is 0.102. The van der Waals surface area contributed by atoms with E-state index in [0.29, 0.717) is 11.6 Å². The molecule has 2 heterocycles. The maximum absolute atomic E-state index is 13.1. The van der Waals surface area contributed by atoms with E-state index in [1.54, 1.807) is 11.3 Å². The van der Waals surface area contributed by atoms with Crippen LogP contribution in [0.15, 0.2) is 78.4 Å². The topological polar surface area (TPSA) is 54.9 Å². The third kappa shape index (κ3) is 6.86. The van der Waals surface area contributed by atoms with Crippen LogP contribution in [0.5, 0.6) is 0 Å². The molecule has 0 aliphatic carbocycles. The molecule has 0 saturated carbocycles. The van der Waals surface area contributed by atoms with Crippen LogP contribution in [0, 0.1) is 6.92 Å². The second-order valence-corrected chi connectivity index (χ2v) is 9.92. The van der Waals surface area contributed by atoms with Crippen LogP contribution in [0.4, 0.5) is 5.69 Å². The number of aryl methyl sites for hydroxylation is 2. The van der Waals surface area contributed by atoms with Gasteiger partial charge in [-0.05, 0) is 61.9 Å². The Labute approximate surface area is 212 Å². The zero-order chi connectivity index (χ0) is 24.5. The molecule has 0 aliphatic rings. The van der Waals surface area contributed by atoms with Gasteiger partial charge >= 0.3 is 0 Å². The molecule has 0 fully saturated rings. The van der Waals surface area contributed by atoms with Crippen molar-refractivity contribution in [1.29, 1.82) is 0 Å². The van der Waals surface area contributed by atoms with Gasteiger partial charge in [-0.3, -0.25) is 9.78 Å². The molecule has 4 rings (SSSR count). The van der Waals surface area contributed by atoms with Gasteiger partial charge in [-0.2, -0.15) is 0 Å². The van der Waals surface area contributed by atoms with E-state index in [1.807, 2.05) is 54.2 Å². The summed E-state index contributed by atoms with van der Waals surface area (Å²) in [4.78, 5) is 22.1. The van der Waals surface area contributed by atoms with Crippen LogP contribution in [0.25, 0.3) is 11.1 Å². The highest BCUT2D eigenvalue weighted by molar-refractivity contribution is 7.10. The molecule has 0 aliphatic heterocycles. The SMILES string of the molecule is CCCC(CCCCc1cccnc1)c1nc(C(=O)Nc2ccc(C)cc2-c2ccccc2)cs1. The van der Waals surface area contributed by atoms with Crippen LogP contribution >= 0.6 is 11.3 Å². The summed E-state index contributed by atoms with van der Waals surface area (Å²) in [5.41, 5.74) is 5.86. The summed E-state index contributed by atoms with van der Waals surface area (Å²) in [6.07, 6.45) is 10.4. The molecule has 5 heteroatoms. The van der Waals surface area contributed by atoms with Crippen LogP contribution in [0.3, 0.4) is 0 Å². The van der Waals surface area contributed by atoms with E-state index in [4.69, 9.17) is 4.98 Å². The maximum Gasteiger partial charge on any atom is 0.275 e. The summed E-state index contributed by atoms with van der Waals surface area (Å²) in [6, 6.07) is 20.4. The lowest BCUT2D eigenvalue weighted by Gasteiger charge is -2.13. The molecule has 0 spiro atoms. The van der Waals surface area contributed by atoms with E-state index in [9.17, 15) is 4.79 Å². The van der Waals surface area contributed by atoms with Crippen molar-refractivity contribution in [2.24, 2.45) is 0 Å². The first-order valence-corrected chi connectivity index (χ1v) is 13.3. The molecule has 4 nitrogen and oxygen atoms in total. The normalized spacial score (nSPS) is 11.8. The van der Waals surface area contributed by atoms with Gasteiger partial charge in [0.2, 0.25) is 0 Å². The first kappa shape index (κ1) is 24.8. The van der Waals surface area contributed by atoms with Gasteiger partial charge in [0, 0.05) is 34.9 Å². The lowest BCUT2D eigenvalue weighted by Crippen LogP contribution is -2.13. The standard InChI is InChI=1S/C30H33N3OS/c1-3-10-25(15-8-7-11-23-12-9-18-31-20-23)30-33-28(21-35-30)29(34)32-27-17-16-22(2)19-26(27)24-13-5-4-6-14-24/h4-6,9,12-14,16-21,25H,3,7-8,10-11,15H2,1-2H3,(H,32,34). The summed E-state index contributed by atoms with van der Waals surface area (Å²) < 4.78 is 0. The van der Waals surface area contributed by atoms with E-state index < -0.39 is 0 Å². The number of pyridine rings is 1. The van der Waals surface area contributed by atoms with Crippen molar-refractivity contribution in [3.8, 4) is 11.1 Å². The summed E-state index contributed by atoms with van der Waals surface area (Å²) in [5.74, 6) is 0.250. The highest BCUT2D eigenvalue weighted by Gasteiger charge is 2.19. The van der Waals surface area contributed by atoms with E-state index in [1.165, 1.54) is 5.56 Å². The fourth-order valence-electron chi connectivity index (χ4n) is 4.40. The van der Waals surface area contributed by atoms with Crippen LogP contribution < -0.4 is 5.32 Å². The average molecular weight is 484 g/mol. The maximum atomic E-state index is 13.1. The number of carbonyl (C=O) groups excluding carboxylic acids is 1. The second kappa shape index (κ2) is 12.4. The van der Waals surface area contributed by atoms with Gasteiger partial charge in [0.05, 0.1) is 5.01 Å². The molecule has 0 radical (unpaired) electrons. The molecule has 4 aromatic rings. The number of nitrogens with zero attached hydrogens (tertiary/aromatic N) is 2. The number of amides is 1. The van der Waals surface area contributed by atoms with Gasteiger partial charge < -0.3 is 5.32 Å². The number of aromatic nitrogens is 2. The highest BCUT2D eigenvalue weighted by Crippen LogP contribution is 2.32.